The van der Waals surface area contributed by atoms with E-state index in [4.69, 9.17) is 0 Å². The zero-order valence-electron chi connectivity index (χ0n) is 8.35. The van der Waals surface area contributed by atoms with Crippen LogP contribution < -0.4 is 0 Å². The SMILES string of the molecule is O=C1C2C3CC4CC2C2C5C1C(C3=O)C425. The Bertz CT molecular complexity index is 475. The molecule has 7 aliphatic carbocycles. The van der Waals surface area contributed by atoms with Crippen LogP contribution in [0.1, 0.15) is 12.8 Å². The third-order valence-corrected chi connectivity index (χ3v) is 7.20. The van der Waals surface area contributed by atoms with Crippen molar-refractivity contribution in [1.82, 2.24) is 0 Å². The first-order valence-corrected chi connectivity index (χ1v) is 6.35. The number of carbonyl (C=O) groups excluding carboxylic acids is 2. The van der Waals surface area contributed by atoms with Gasteiger partial charge in [0.25, 0.3) is 0 Å². The fourth-order valence-electron chi connectivity index (χ4n) is 7.29. The lowest BCUT2D eigenvalue weighted by Crippen LogP contribution is -2.66. The smallest absolute Gasteiger partial charge is 0.141 e. The van der Waals surface area contributed by atoms with E-state index in [1.54, 1.807) is 0 Å². The third kappa shape index (κ3) is 0.357. The maximum Gasteiger partial charge on any atom is 0.141 e. The molecular formula is C13H12O2. The van der Waals surface area contributed by atoms with Gasteiger partial charge in [-0.2, -0.15) is 0 Å². The van der Waals surface area contributed by atoms with Gasteiger partial charge in [0.15, 0.2) is 0 Å². The van der Waals surface area contributed by atoms with E-state index in [0.717, 1.165) is 18.3 Å². The van der Waals surface area contributed by atoms with E-state index in [1.807, 2.05) is 0 Å². The van der Waals surface area contributed by atoms with Gasteiger partial charge < -0.3 is 0 Å². The fraction of sp³-hybridized carbons (Fsp3) is 0.846. The molecule has 0 aromatic rings. The molecule has 1 spiro atoms. The molecule has 0 N–H and O–H groups in total. The molecule has 0 aromatic heterocycles. The quantitative estimate of drug-likeness (QED) is 0.582. The molecule has 9 unspecified atom stereocenters. The number of hydrogen-bond donors (Lipinski definition) is 0. The van der Waals surface area contributed by atoms with Crippen molar-refractivity contribution in [3.05, 3.63) is 0 Å². The van der Waals surface area contributed by atoms with Gasteiger partial charge in [-0.25, -0.2) is 0 Å². The van der Waals surface area contributed by atoms with Gasteiger partial charge in [0.1, 0.15) is 11.6 Å². The first kappa shape index (κ1) is 6.82. The number of Topliss-reactive ketones (excluding diaryl/α,β-unsaturated/α-hetero) is 2. The summed E-state index contributed by atoms with van der Waals surface area (Å²) in [4.78, 5) is 24.6. The highest BCUT2D eigenvalue weighted by atomic mass is 16.1. The Labute approximate surface area is 87.4 Å². The van der Waals surface area contributed by atoms with Crippen molar-refractivity contribution >= 4 is 11.6 Å². The number of rotatable bonds is 0. The summed E-state index contributed by atoms with van der Waals surface area (Å²) in [7, 11) is 0. The van der Waals surface area contributed by atoms with Crippen molar-refractivity contribution in [2.24, 2.45) is 52.8 Å². The van der Waals surface area contributed by atoms with Crippen LogP contribution in [0.15, 0.2) is 0 Å². The van der Waals surface area contributed by atoms with Gasteiger partial charge in [-0.3, -0.25) is 9.59 Å². The van der Waals surface area contributed by atoms with Gasteiger partial charge in [0, 0.05) is 23.7 Å². The highest BCUT2D eigenvalue weighted by Gasteiger charge is 2.96. The van der Waals surface area contributed by atoms with Crippen LogP contribution in [-0.4, -0.2) is 11.6 Å². The molecule has 0 aliphatic heterocycles. The van der Waals surface area contributed by atoms with Gasteiger partial charge in [0.2, 0.25) is 0 Å². The van der Waals surface area contributed by atoms with E-state index in [1.165, 1.54) is 6.42 Å². The molecule has 0 amide bonds. The van der Waals surface area contributed by atoms with Gasteiger partial charge >= 0.3 is 0 Å². The lowest BCUT2D eigenvalue weighted by Gasteiger charge is -2.60. The Kier molecular flexibility index (Phi) is 0.663. The summed E-state index contributed by atoms with van der Waals surface area (Å²) in [5.74, 6) is 4.89. The molecule has 7 saturated carbocycles. The van der Waals surface area contributed by atoms with E-state index in [2.05, 4.69) is 0 Å². The summed E-state index contributed by atoms with van der Waals surface area (Å²) in [5.41, 5.74) is 0.420. The van der Waals surface area contributed by atoms with Crippen LogP contribution in [0.4, 0.5) is 0 Å². The van der Waals surface area contributed by atoms with Gasteiger partial charge in [-0.15, -0.1) is 0 Å². The molecule has 0 radical (unpaired) electrons. The normalized spacial score (nSPS) is 78.7. The second-order valence-electron chi connectivity index (χ2n) is 6.82. The lowest BCUT2D eigenvalue weighted by molar-refractivity contribution is -0.181. The maximum absolute atomic E-state index is 12.3. The maximum atomic E-state index is 12.3. The molecule has 7 aliphatic rings. The molecular weight excluding hydrogens is 188 g/mol. The zero-order valence-corrected chi connectivity index (χ0v) is 8.35. The predicted octanol–water partition coefficient (Wildman–Crippen LogP) is 0.902. The minimum absolute atomic E-state index is 0.182. The van der Waals surface area contributed by atoms with Crippen LogP contribution in [0.5, 0.6) is 0 Å². The van der Waals surface area contributed by atoms with E-state index < -0.39 is 0 Å². The second kappa shape index (κ2) is 1.46. The zero-order chi connectivity index (χ0) is 9.69. The summed E-state index contributed by atoms with van der Waals surface area (Å²) < 4.78 is 0. The molecule has 2 heteroatoms. The molecule has 9 atom stereocenters. The van der Waals surface area contributed by atoms with Crippen LogP contribution in [0, 0.1) is 52.8 Å². The highest BCUT2D eigenvalue weighted by Crippen LogP contribution is 2.95. The summed E-state index contributed by atoms with van der Waals surface area (Å²) >= 11 is 0. The van der Waals surface area contributed by atoms with E-state index >= 15 is 0 Å². The van der Waals surface area contributed by atoms with Crippen molar-refractivity contribution in [2.45, 2.75) is 12.8 Å². The molecule has 76 valence electrons. The van der Waals surface area contributed by atoms with Crippen molar-refractivity contribution in [3.8, 4) is 0 Å². The Balaban J connectivity index is 1.78. The Hall–Kier alpha value is -0.660. The van der Waals surface area contributed by atoms with E-state index in [0.29, 0.717) is 28.8 Å². The predicted molar refractivity (Wildman–Crippen MR) is 49.6 cm³/mol. The number of hydrogen-bond acceptors (Lipinski definition) is 2. The molecule has 7 fully saturated rings. The van der Waals surface area contributed by atoms with E-state index in [9.17, 15) is 9.59 Å². The van der Waals surface area contributed by atoms with Gasteiger partial charge in [-0.1, -0.05) is 0 Å². The van der Waals surface area contributed by atoms with Crippen LogP contribution in [-0.2, 0) is 9.59 Å². The summed E-state index contributed by atoms with van der Waals surface area (Å²) in [6.07, 6.45) is 2.38. The summed E-state index contributed by atoms with van der Waals surface area (Å²) in [6, 6.07) is 0. The van der Waals surface area contributed by atoms with Crippen LogP contribution >= 0.6 is 0 Å². The molecule has 0 saturated heterocycles. The Morgan fingerprint density at radius 3 is 2.73 bits per heavy atom. The average molecular weight is 200 g/mol. The van der Waals surface area contributed by atoms with Gasteiger partial charge in [-0.05, 0) is 41.9 Å². The topological polar surface area (TPSA) is 34.1 Å². The Morgan fingerprint density at radius 1 is 1.00 bits per heavy atom. The highest BCUT2D eigenvalue weighted by molar-refractivity contribution is 6.06. The van der Waals surface area contributed by atoms with Crippen LogP contribution in [0.2, 0.25) is 0 Å². The van der Waals surface area contributed by atoms with Crippen molar-refractivity contribution in [1.29, 1.82) is 0 Å². The van der Waals surface area contributed by atoms with E-state index in [-0.39, 0.29) is 23.7 Å². The molecule has 0 aromatic carbocycles. The fourth-order valence-corrected chi connectivity index (χ4v) is 7.29. The molecule has 6 bridgehead atoms. The second-order valence-corrected chi connectivity index (χ2v) is 6.82. The third-order valence-electron chi connectivity index (χ3n) is 7.20. The Morgan fingerprint density at radius 2 is 1.87 bits per heavy atom. The van der Waals surface area contributed by atoms with Crippen LogP contribution in [0.3, 0.4) is 0 Å². The van der Waals surface area contributed by atoms with Crippen LogP contribution in [0.25, 0.3) is 0 Å². The number of ketones is 2. The molecule has 0 heterocycles. The summed E-state index contributed by atoms with van der Waals surface area (Å²) in [6.45, 7) is 0. The largest absolute Gasteiger partial charge is 0.299 e. The van der Waals surface area contributed by atoms with Crippen molar-refractivity contribution < 1.29 is 9.59 Å². The van der Waals surface area contributed by atoms with Crippen molar-refractivity contribution in [2.75, 3.05) is 0 Å². The molecule has 2 nitrogen and oxygen atoms in total. The molecule has 15 heavy (non-hydrogen) atoms. The lowest BCUT2D eigenvalue weighted by atomic mass is 9.41. The first-order chi connectivity index (χ1) is 7.28. The summed E-state index contributed by atoms with van der Waals surface area (Å²) in [5, 5.41) is 0. The standard InChI is InChI=1S/C13H12O2/c14-11-5-2-3-1-4-6(5)12(15)7-9-8(4)13(3,9)10(7)11/h3-10H,1-2H2. The van der Waals surface area contributed by atoms with Gasteiger partial charge in [0.05, 0.1) is 0 Å². The minimum Gasteiger partial charge on any atom is -0.299 e. The van der Waals surface area contributed by atoms with Crippen molar-refractivity contribution in [3.63, 3.8) is 0 Å². The monoisotopic (exact) mass is 200 g/mol. The minimum atomic E-state index is 0.182. The number of carbonyl (C=O) groups is 2. The average Bonchev–Trinajstić information content (AvgIpc) is 2.68. The molecule has 7 rings (SSSR count). The first-order valence-electron chi connectivity index (χ1n) is 6.35.